The van der Waals surface area contributed by atoms with Crippen molar-refractivity contribution < 1.29 is 13.6 Å². The largest absolute Gasteiger partial charge is 0.350 e. The third-order valence-corrected chi connectivity index (χ3v) is 3.10. The van der Waals surface area contributed by atoms with E-state index in [2.05, 4.69) is 10.6 Å². The van der Waals surface area contributed by atoms with Crippen LogP contribution in [0.2, 0.25) is 0 Å². The molecule has 1 aromatic carbocycles. The molecule has 2 rings (SSSR count). The Morgan fingerprint density at radius 2 is 2.17 bits per heavy atom. The normalized spacial score (nSPS) is 19.6. The Morgan fingerprint density at radius 3 is 2.83 bits per heavy atom. The Hall–Kier alpha value is -1.49. The molecule has 0 aromatic heterocycles. The van der Waals surface area contributed by atoms with Crippen molar-refractivity contribution in [3.8, 4) is 0 Å². The molecule has 0 unspecified atom stereocenters. The van der Waals surface area contributed by atoms with Crippen LogP contribution in [0.4, 0.5) is 8.78 Å². The lowest BCUT2D eigenvalue weighted by molar-refractivity contribution is 0.0947. The molecule has 0 aliphatic carbocycles. The van der Waals surface area contributed by atoms with E-state index in [0.29, 0.717) is 6.54 Å². The Labute approximate surface area is 105 Å². The molecule has 1 saturated heterocycles. The molecule has 1 aromatic rings. The summed E-state index contributed by atoms with van der Waals surface area (Å²) in [5.41, 5.74) is 0.143. The first-order valence-electron chi connectivity index (χ1n) is 6.13. The molecule has 1 fully saturated rings. The van der Waals surface area contributed by atoms with Crippen molar-refractivity contribution in [1.82, 2.24) is 10.6 Å². The number of nitrogens with one attached hydrogen (secondary N) is 2. The SMILES string of the molecule is O=C(NC[C@@H]1CCCCN1)c1ccc(F)c(F)c1. The minimum atomic E-state index is -1.00. The van der Waals surface area contributed by atoms with Crippen LogP contribution in [0.25, 0.3) is 0 Å². The molecule has 3 nitrogen and oxygen atoms in total. The molecular formula is C13H16F2N2O. The van der Waals surface area contributed by atoms with Gasteiger partial charge in [0.25, 0.3) is 5.91 Å². The summed E-state index contributed by atoms with van der Waals surface area (Å²) in [7, 11) is 0. The quantitative estimate of drug-likeness (QED) is 0.864. The molecule has 0 bridgehead atoms. The van der Waals surface area contributed by atoms with Crippen molar-refractivity contribution in [3.05, 3.63) is 35.4 Å². The average Bonchev–Trinajstić information content (AvgIpc) is 2.40. The van der Waals surface area contributed by atoms with E-state index in [0.717, 1.165) is 37.9 Å². The fourth-order valence-electron chi connectivity index (χ4n) is 2.05. The van der Waals surface area contributed by atoms with E-state index in [1.54, 1.807) is 0 Å². The fourth-order valence-corrected chi connectivity index (χ4v) is 2.05. The second-order valence-electron chi connectivity index (χ2n) is 4.49. The first-order valence-corrected chi connectivity index (χ1v) is 6.13. The van der Waals surface area contributed by atoms with E-state index in [1.165, 1.54) is 6.07 Å². The molecular weight excluding hydrogens is 238 g/mol. The number of benzene rings is 1. The number of hydrogen-bond acceptors (Lipinski definition) is 2. The zero-order chi connectivity index (χ0) is 13.0. The zero-order valence-corrected chi connectivity index (χ0v) is 10.0. The van der Waals surface area contributed by atoms with Crippen LogP contribution >= 0.6 is 0 Å². The first-order chi connectivity index (χ1) is 8.66. The molecule has 98 valence electrons. The van der Waals surface area contributed by atoms with Gasteiger partial charge in [-0.05, 0) is 37.6 Å². The van der Waals surface area contributed by atoms with E-state index in [4.69, 9.17) is 0 Å². The van der Waals surface area contributed by atoms with Crippen LogP contribution in [0.5, 0.6) is 0 Å². The highest BCUT2D eigenvalue weighted by atomic mass is 19.2. The number of carbonyl (C=O) groups is 1. The molecule has 1 aliphatic heterocycles. The predicted octanol–water partition coefficient (Wildman–Crippen LogP) is 1.84. The van der Waals surface area contributed by atoms with Crippen LogP contribution in [0.15, 0.2) is 18.2 Å². The van der Waals surface area contributed by atoms with Gasteiger partial charge in [-0.25, -0.2) is 8.78 Å². The predicted molar refractivity (Wildman–Crippen MR) is 64.3 cm³/mol. The summed E-state index contributed by atoms with van der Waals surface area (Å²) in [6.45, 7) is 1.48. The molecule has 2 N–H and O–H groups in total. The van der Waals surface area contributed by atoms with Gasteiger partial charge < -0.3 is 10.6 Å². The Balaban J connectivity index is 1.88. The van der Waals surface area contributed by atoms with Crippen molar-refractivity contribution in [3.63, 3.8) is 0 Å². The summed E-state index contributed by atoms with van der Waals surface area (Å²) >= 11 is 0. The van der Waals surface area contributed by atoms with E-state index < -0.39 is 11.6 Å². The van der Waals surface area contributed by atoms with Gasteiger partial charge in [0.15, 0.2) is 11.6 Å². The standard InChI is InChI=1S/C13H16F2N2O/c14-11-5-4-9(7-12(11)15)13(18)17-8-10-3-1-2-6-16-10/h4-5,7,10,16H,1-3,6,8H2,(H,17,18)/t10-/m0/s1. The molecule has 1 amide bonds. The topological polar surface area (TPSA) is 41.1 Å². The number of hydrogen-bond donors (Lipinski definition) is 2. The molecule has 1 heterocycles. The molecule has 18 heavy (non-hydrogen) atoms. The minimum absolute atomic E-state index is 0.143. The molecule has 0 spiro atoms. The van der Waals surface area contributed by atoms with E-state index in [9.17, 15) is 13.6 Å². The number of amides is 1. The Morgan fingerprint density at radius 1 is 1.33 bits per heavy atom. The van der Waals surface area contributed by atoms with E-state index >= 15 is 0 Å². The maximum atomic E-state index is 13.0. The molecule has 1 atom stereocenters. The van der Waals surface area contributed by atoms with Gasteiger partial charge in [0.2, 0.25) is 0 Å². The van der Waals surface area contributed by atoms with Gasteiger partial charge in [-0.15, -0.1) is 0 Å². The van der Waals surface area contributed by atoms with Gasteiger partial charge in [0.05, 0.1) is 0 Å². The van der Waals surface area contributed by atoms with Crippen LogP contribution in [-0.2, 0) is 0 Å². The lowest BCUT2D eigenvalue weighted by Gasteiger charge is -2.23. The van der Waals surface area contributed by atoms with Crippen molar-refractivity contribution >= 4 is 5.91 Å². The van der Waals surface area contributed by atoms with Crippen LogP contribution in [-0.4, -0.2) is 25.0 Å². The van der Waals surface area contributed by atoms with Crippen LogP contribution < -0.4 is 10.6 Å². The van der Waals surface area contributed by atoms with Crippen molar-refractivity contribution in [2.45, 2.75) is 25.3 Å². The van der Waals surface area contributed by atoms with Crippen molar-refractivity contribution in [2.75, 3.05) is 13.1 Å². The highest BCUT2D eigenvalue weighted by molar-refractivity contribution is 5.94. The fraction of sp³-hybridized carbons (Fsp3) is 0.462. The van der Waals surface area contributed by atoms with Gasteiger partial charge in [-0.1, -0.05) is 6.42 Å². The maximum Gasteiger partial charge on any atom is 0.251 e. The van der Waals surface area contributed by atoms with Crippen LogP contribution in [0, 0.1) is 11.6 Å². The van der Waals surface area contributed by atoms with Crippen LogP contribution in [0.1, 0.15) is 29.6 Å². The van der Waals surface area contributed by atoms with Crippen LogP contribution in [0.3, 0.4) is 0 Å². The Bertz CT molecular complexity index is 431. The minimum Gasteiger partial charge on any atom is -0.350 e. The second-order valence-corrected chi connectivity index (χ2v) is 4.49. The van der Waals surface area contributed by atoms with Gasteiger partial charge in [-0.2, -0.15) is 0 Å². The summed E-state index contributed by atoms with van der Waals surface area (Å²) < 4.78 is 25.7. The molecule has 0 radical (unpaired) electrons. The summed E-state index contributed by atoms with van der Waals surface area (Å²) in [5.74, 6) is -2.32. The summed E-state index contributed by atoms with van der Waals surface area (Å²) in [6, 6.07) is 3.43. The number of halogens is 2. The van der Waals surface area contributed by atoms with Gasteiger partial charge >= 0.3 is 0 Å². The first kappa shape index (κ1) is 13.0. The van der Waals surface area contributed by atoms with E-state index in [-0.39, 0.29) is 17.5 Å². The molecule has 1 aliphatic rings. The number of carbonyl (C=O) groups excluding carboxylic acids is 1. The molecule has 5 heteroatoms. The highest BCUT2D eigenvalue weighted by Gasteiger charge is 2.14. The van der Waals surface area contributed by atoms with Gasteiger partial charge in [0, 0.05) is 18.2 Å². The van der Waals surface area contributed by atoms with Crippen molar-refractivity contribution in [1.29, 1.82) is 0 Å². The summed E-state index contributed by atoms with van der Waals surface area (Å²) in [4.78, 5) is 11.7. The maximum absolute atomic E-state index is 13.0. The van der Waals surface area contributed by atoms with Gasteiger partial charge in [0.1, 0.15) is 0 Å². The highest BCUT2D eigenvalue weighted by Crippen LogP contribution is 2.09. The smallest absolute Gasteiger partial charge is 0.251 e. The third-order valence-electron chi connectivity index (χ3n) is 3.10. The Kier molecular flexibility index (Phi) is 4.25. The number of piperidine rings is 1. The zero-order valence-electron chi connectivity index (χ0n) is 10.0. The van der Waals surface area contributed by atoms with Gasteiger partial charge in [-0.3, -0.25) is 4.79 Å². The van der Waals surface area contributed by atoms with Crippen molar-refractivity contribution in [2.24, 2.45) is 0 Å². The molecule has 0 saturated carbocycles. The summed E-state index contributed by atoms with van der Waals surface area (Å²) in [6.07, 6.45) is 3.34. The lowest BCUT2D eigenvalue weighted by atomic mass is 10.1. The summed E-state index contributed by atoms with van der Waals surface area (Å²) in [5, 5.41) is 6.02. The average molecular weight is 254 g/mol. The van der Waals surface area contributed by atoms with E-state index in [1.807, 2.05) is 0 Å². The number of rotatable bonds is 3. The monoisotopic (exact) mass is 254 g/mol. The lowest BCUT2D eigenvalue weighted by Crippen LogP contribution is -2.43. The second kappa shape index (κ2) is 5.91. The third kappa shape index (κ3) is 3.26.